The summed E-state index contributed by atoms with van der Waals surface area (Å²) in [5.74, 6) is -1.25. The molecule has 0 fully saturated rings. The fourth-order valence-electron chi connectivity index (χ4n) is 2.83. The number of esters is 2. The van der Waals surface area contributed by atoms with Crippen LogP contribution in [0.15, 0.2) is 24.3 Å². The lowest BCUT2D eigenvalue weighted by molar-refractivity contribution is 0.0518. The minimum absolute atomic E-state index is 0. The monoisotopic (exact) mass is 442 g/mol. The lowest BCUT2D eigenvalue weighted by atomic mass is 9.92. The number of pyridine rings is 1. The molecule has 0 aliphatic rings. The number of rotatable bonds is 8. The van der Waals surface area contributed by atoms with Crippen LogP contribution in [0.2, 0.25) is 5.02 Å². The summed E-state index contributed by atoms with van der Waals surface area (Å²) < 4.78 is 15.7. The van der Waals surface area contributed by atoms with Gasteiger partial charge in [0.15, 0.2) is 0 Å². The summed E-state index contributed by atoms with van der Waals surface area (Å²) >= 11 is 6.39. The molecule has 0 spiro atoms. The Hall–Kier alpha value is -2.19. The van der Waals surface area contributed by atoms with Crippen molar-refractivity contribution in [3.05, 3.63) is 51.8 Å². The Balaban J connectivity index is 0.00000420. The zero-order valence-electron chi connectivity index (χ0n) is 16.5. The highest BCUT2D eigenvalue weighted by Gasteiger charge is 2.29. The van der Waals surface area contributed by atoms with E-state index < -0.39 is 11.9 Å². The Morgan fingerprint density at radius 2 is 1.86 bits per heavy atom. The third kappa shape index (κ3) is 5.67. The molecule has 0 aliphatic carbocycles. The molecule has 0 unspecified atom stereocenters. The number of aromatic nitrogens is 1. The first kappa shape index (κ1) is 24.8. The van der Waals surface area contributed by atoms with Gasteiger partial charge in [0, 0.05) is 22.7 Å². The molecule has 29 heavy (non-hydrogen) atoms. The number of halogens is 2. The molecule has 2 aromatic rings. The minimum atomic E-state index is -0.625. The molecule has 0 atom stereocenters. The first-order chi connectivity index (χ1) is 13.5. The molecule has 0 saturated heterocycles. The smallest absolute Gasteiger partial charge is 0.340 e. The van der Waals surface area contributed by atoms with Gasteiger partial charge in [-0.05, 0) is 19.9 Å². The second-order valence-electron chi connectivity index (χ2n) is 5.80. The molecule has 0 amide bonds. The van der Waals surface area contributed by atoms with Crippen molar-refractivity contribution in [3.63, 3.8) is 0 Å². The molecule has 0 aliphatic heterocycles. The summed E-state index contributed by atoms with van der Waals surface area (Å²) in [4.78, 5) is 29.8. The Morgan fingerprint density at radius 1 is 1.17 bits per heavy atom. The summed E-state index contributed by atoms with van der Waals surface area (Å²) in [5, 5.41) is 0.373. The molecule has 1 heterocycles. The number of methoxy groups -OCH3 is 1. The van der Waals surface area contributed by atoms with Crippen molar-refractivity contribution >= 4 is 35.9 Å². The number of hydrogen-bond acceptors (Lipinski definition) is 7. The Kier molecular flexibility index (Phi) is 10.0. The Morgan fingerprint density at radius 3 is 2.45 bits per heavy atom. The SMILES string of the molecule is CCOC(=O)c1c(COCCN)nc(C)c(C(=O)OC)c1-c1ccccc1Cl.Cl. The van der Waals surface area contributed by atoms with Crippen LogP contribution in [-0.4, -0.2) is 43.8 Å². The number of carbonyl (C=O) groups is 2. The van der Waals surface area contributed by atoms with Crippen LogP contribution in [0.1, 0.15) is 39.0 Å². The number of hydrogen-bond donors (Lipinski definition) is 1. The van der Waals surface area contributed by atoms with Gasteiger partial charge in [-0.25, -0.2) is 9.59 Å². The maximum atomic E-state index is 12.8. The van der Waals surface area contributed by atoms with Gasteiger partial charge in [-0.3, -0.25) is 4.98 Å². The molecule has 7 nitrogen and oxygen atoms in total. The molecule has 0 saturated carbocycles. The van der Waals surface area contributed by atoms with E-state index in [1.165, 1.54) is 7.11 Å². The van der Waals surface area contributed by atoms with E-state index in [0.29, 0.717) is 40.7 Å². The number of carbonyl (C=O) groups excluding carboxylic acids is 2. The number of ether oxygens (including phenoxy) is 3. The fraction of sp³-hybridized carbons (Fsp3) is 0.350. The summed E-state index contributed by atoms with van der Waals surface area (Å²) in [6, 6.07) is 6.91. The molecule has 9 heteroatoms. The van der Waals surface area contributed by atoms with Crippen molar-refractivity contribution < 1.29 is 23.8 Å². The molecular formula is C20H24Cl2N2O5. The number of benzene rings is 1. The largest absolute Gasteiger partial charge is 0.465 e. The van der Waals surface area contributed by atoms with Gasteiger partial charge in [-0.15, -0.1) is 12.4 Å². The first-order valence-electron chi connectivity index (χ1n) is 8.77. The molecule has 2 rings (SSSR count). The molecule has 2 N–H and O–H groups in total. The van der Waals surface area contributed by atoms with E-state index in [2.05, 4.69) is 4.98 Å². The Labute approximate surface area is 180 Å². The van der Waals surface area contributed by atoms with E-state index in [9.17, 15) is 9.59 Å². The van der Waals surface area contributed by atoms with Crippen LogP contribution >= 0.6 is 24.0 Å². The van der Waals surface area contributed by atoms with E-state index >= 15 is 0 Å². The molecule has 1 aromatic carbocycles. The predicted octanol–water partition coefficient (Wildman–Crippen LogP) is 3.57. The molecule has 0 bridgehead atoms. The van der Waals surface area contributed by atoms with Crippen molar-refractivity contribution in [1.29, 1.82) is 0 Å². The van der Waals surface area contributed by atoms with E-state index in [1.54, 1.807) is 38.1 Å². The van der Waals surface area contributed by atoms with Gasteiger partial charge in [-0.2, -0.15) is 0 Å². The van der Waals surface area contributed by atoms with Gasteiger partial charge in [0.05, 0.1) is 49.4 Å². The van der Waals surface area contributed by atoms with Crippen LogP contribution in [0.25, 0.3) is 11.1 Å². The van der Waals surface area contributed by atoms with E-state index in [0.717, 1.165) is 0 Å². The number of nitrogens with zero attached hydrogens (tertiary/aromatic N) is 1. The van der Waals surface area contributed by atoms with Crippen molar-refractivity contribution in [2.75, 3.05) is 26.9 Å². The van der Waals surface area contributed by atoms with Crippen LogP contribution < -0.4 is 5.73 Å². The second-order valence-corrected chi connectivity index (χ2v) is 6.21. The first-order valence-corrected chi connectivity index (χ1v) is 9.15. The minimum Gasteiger partial charge on any atom is -0.465 e. The Bertz CT molecular complexity index is 874. The zero-order chi connectivity index (χ0) is 20.7. The lowest BCUT2D eigenvalue weighted by Crippen LogP contribution is -2.19. The highest BCUT2D eigenvalue weighted by atomic mass is 35.5. The van der Waals surface area contributed by atoms with E-state index in [4.69, 9.17) is 31.5 Å². The van der Waals surface area contributed by atoms with Gasteiger partial charge in [0.1, 0.15) is 0 Å². The third-order valence-electron chi connectivity index (χ3n) is 3.97. The highest BCUT2D eigenvalue weighted by molar-refractivity contribution is 6.34. The van der Waals surface area contributed by atoms with Crippen molar-refractivity contribution in [1.82, 2.24) is 4.98 Å². The van der Waals surface area contributed by atoms with Crippen molar-refractivity contribution in [3.8, 4) is 11.1 Å². The van der Waals surface area contributed by atoms with Gasteiger partial charge in [0.2, 0.25) is 0 Å². The van der Waals surface area contributed by atoms with Crippen LogP contribution in [0.5, 0.6) is 0 Å². The third-order valence-corrected chi connectivity index (χ3v) is 4.30. The fourth-order valence-corrected chi connectivity index (χ4v) is 3.06. The summed E-state index contributed by atoms with van der Waals surface area (Å²) in [5.41, 5.74) is 7.29. The molecule has 0 radical (unpaired) electrons. The van der Waals surface area contributed by atoms with Gasteiger partial charge >= 0.3 is 11.9 Å². The second kappa shape index (κ2) is 11.7. The maximum absolute atomic E-state index is 12.8. The van der Waals surface area contributed by atoms with Crippen LogP contribution in [-0.2, 0) is 20.8 Å². The van der Waals surface area contributed by atoms with Crippen LogP contribution in [0.3, 0.4) is 0 Å². The topological polar surface area (TPSA) is 101 Å². The summed E-state index contributed by atoms with van der Waals surface area (Å²) in [6.45, 7) is 4.17. The standard InChI is InChI=1S/C20H23ClN2O5.ClH/c1-4-28-20(25)18-15(11-27-10-9-22)23-12(2)16(19(24)26-3)17(18)13-7-5-6-8-14(13)21;/h5-8H,4,9-11,22H2,1-3H3;1H. The van der Waals surface area contributed by atoms with E-state index in [1.807, 2.05) is 0 Å². The average Bonchev–Trinajstić information content (AvgIpc) is 2.67. The molecule has 1 aromatic heterocycles. The normalized spacial score (nSPS) is 10.2. The van der Waals surface area contributed by atoms with Gasteiger partial charge in [0.25, 0.3) is 0 Å². The number of nitrogens with two attached hydrogens (primary N) is 1. The molecule has 158 valence electrons. The van der Waals surface area contributed by atoms with Gasteiger partial charge < -0.3 is 19.9 Å². The quantitative estimate of drug-likeness (QED) is 0.492. The molecular weight excluding hydrogens is 419 g/mol. The van der Waals surface area contributed by atoms with Crippen LogP contribution in [0, 0.1) is 6.92 Å². The van der Waals surface area contributed by atoms with Crippen molar-refractivity contribution in [2.45, 2.75) is 20.5 Å². The zero-order valence-corrected chi connectivity index (χ0v) is 18.1. The lowest BCUT2D eigenvalue weighted by Gasteiger charge is -2.19. The average molecular weight is 443 g/mol. The number of aryl methyl sites for hydroxylation is 1. The highest BCUT2D eigenvalue weighted by Crippen LogP contribution is 2.36. The summed E-state index contributed by atoms with van der Waals surface area (Å²) in [7, 11) is 1.26. The van der Waals surface area contributed by atoms with Gasteiger partial charge in [-0.1, -0.05) is 29.8 Å². The predicted molar refractivity (Wildman–Crippen MR) is 113 cm³/mol. The van der Waals surface area contributed by atoms with Crippen LogP contribution in [0.4, 0.5) is 0 Å². The maximum Gasteiger partial charge on any atom is 0.340 e. The summed E-state index contributed by atoms with van der Waals surface area (Å²) in [6.07, 6.45) is 0. The van der Waals surface area contributed by atoms with Crippen molar-refractivity contribution in [2.24, 2.45) is 5.73 Å². The van der Waals surface area contributed by atoms with E-state index in [-0.39, 0.29) is 36.7 Å².